The second kappa shape index (κ2) is 8.37. The molecule has 48 valence electrons. The predicted octanol–water partition coefficient (Wildman–Crippen LogP) is -1.66. The molecule has 0 radical (unpaired) electrons. The van der Waals surface area contributed by atoms with Gasteiger partial charge in [0.25, 0.3) is 0 Å². The van der Waals surface area contributed by atoms with Crippen LogP contribution >= 0.6 is 33.7 Å². The van der Waals surface area contributed by atoms with Crippen molar-refractivity contribution in [3.63, 3.8) is 0 Å². The minimum absolute atomic E-state index is 0. The van der Waals surface area contributed by atoms with Crippen LogP contribution in [0.4, 0.5) is 0 Å². The molecule has 0 fully saturated rings. The Hall–Kier alpha value is 1.37. The van der Waals surface area contributed by atoms with Crippen molar-refractivity contribution < 1.29 is 38.7 Å². The van der Waals surface area contributed by atoms with Crippen molar-refractivity contribution in [1.82, 2.24) is 0 Å². The largest absolute Gasteiger partial charge is 2.00 e. The summed E-state index contributed by atoms with van der Waals surface area (Å²) in [6, 6.07) is 0. The first-order chi connectivity index (χ1) is 2.00. The maximum Gasteiger partial charge on any atom is 2.00 e. The van der Waals surface area contributed by atoms with E-state index in [0.29, 0.717) is 0 Å². The normalized spacial score (nSPS) is 7.38. The molecule has 0 unspecified atom stereocenters. The fraction of sp³-hybridized carbons (Fsp3) is 0. The molecule has 1 N–H and O–H groups in total. The molecule has 0 aromatic heterocycles. The molecule has 0 saturated heterocycles. The summed E-state index contributed by atoms with van der Waals surface area (Å²) in [6.45, 7) is 0. The van der Waals surface area contributed by atoms with Crippen LogP contribution in [0, 0.1) is 0 Å². The molecule has 0 aromatic carbocycles. The molecule has 0 aliphatic carbocycles. The van der Waals surface area contributed by atoms with E-state index in [0.717, 1.165) is 0 Å². The molecule has 8 heavy (non-hydrogen) atoms. The zero-order chi connectivity index (χ0) is 4.50. The molecule has 0 amide bonds. The maximum atomic E-state index is 8.66. The molecule has 4 nitrogen and oxygen atoms in total. The van der Waals surface area contributed by atoms with Gasteiger partial charge >= 0.3 is 19.5 Å². The summed E-state index contributed by atoms with van der Waals surface area (Å²) in [5.41, 5.74) is 0. The van der Waals surface area contributed by atoms with E-state index in [1.54, 1.807) is 0 Å². The third kappa shape index (κ3) is 159. The fourth-order valence-corrected chi connectivity index (χ4v) is 0. The Kier molecular flexibility index (Phi) is 23.8. The van der Waals surface area contributed by atoms with Crippen molar-refractivity contribution in [2.75, 3.05) is 0 Å². The Morgan fingerprint density at radius 1 is 1.38 bits per heavy atom. The van der Waals surface area contributed by atoms with E-state index in [1.165, 1.54) is 0 Å². The van der Waals surface area contributed by atoms with Gasteiger partial charge in [0.1, 0.15) is 0 Å². The Bertz CT molecular complexity index is 62.2. The van der Waals surface area contributed by atoms with E-state index in [1.807, 2.05) is 0 Å². The number of halogens is 1. The zero-order valence-corrected chi connectivity index (χ0v) is 9.41. The topological polar surface area (TPSA) is 83.4 Å². The number of rotatable bonds is 0. The second-order valence-corrected chi connectivity index (χ2v) is 1.41. The Labute approximate surface area is 72.5 Å². The van der Waals surface area contributed by atoms with Crippen molar-refractivity contribution in [2.24, 2.45) is 0 Å². The molecule has 0 saturated carbocycles. The van der Waals surface area contributed by atoms with Crippen molar-refractivity contribution in [3.05, 3.63) is 0 Å². The smallest absolute Gasteiger partial charge is 0.790 e. The Morgan fingerprint density at radius 3 is 1.38 bits per heavy atom. The van der Waals surface area contributed by atoms with E-state index in [2.05, 4.69) is 0 Å². The first-order valence-corrected chi connectivity index (χ1v) is 2.24. The number of phosphoric acid groups is 1. The summed E-state index contributed by atoms with van der Waals surface area (Å²) < 4.78 is 8.66. The molecule has 0 aliphatic rings. The van der Waals surface area contributed by atoms with Crippen molar-refractivity contribution in [1.29, 1.82) is 0 Å². The van der Waals surface area contributed by atoms with Crippen LogP contribution < -0.4 is 9.79 Å². The third-order valence-electron chi connectivity index (χ3n) is 0. The number of hydrogen-bond acceptors (Lipinski definition) is 3. The zero-order valence-electron chi connectivity index (χ0n) is 3.73. The van der Waals surface area contributed by atoms with Gasteiger partial charge in [-0.1, -0.05) is 0 Å². The minimum atomic E-state index is -5.14. The van der Waals surface area contributed by atoms with E-state index in [-0.39, 0.29) is 45.4 Å². The molecule has 8 heteroatoms. The van der Waals surface area contributed by atoms with E-state index < -0.39 is 7.82 Å². The predicted molar refractivity (Wildman–Crippen MR) is 27.5 cm³/mol. The summed E-state index contributed by atoms with van der Waals surface area (Å²) in [6.07, 6.45) is 0. The van der Waals surface area contributed by atoms with Gasteiger partial charge in [-0.25, -0.2) is 0 Å². The first-order valence-electron chi connectivity index (χ1n) is 0.748. The van der Waals surface area contributed by atoms with Gasteiger partial charge in [-0.05, 0) is 0 Å². The Morgan fingerprint density at radius 2 is 1.38 bits per heavy atom. The van der Waals surface area contributed by atoms with E-state index >= 15 is 0 Å². The summed E-state index contributed by atoms with van der Waals surface area (Å²) >= 11 is 0. The molecule has 0 atom stereocenters. The molecular formula is H4ClO4PSZn. The summed E-state index contributed by atoms with van der Waals surface area (Å²) in [5, 5.41) is 0. The van der Waals surface area contributed by atoms with Gasteiger partial charge in [0.15, 0.2) is 0 Å². The summed E-state index contributed by atoms with van der Waals surface area (Å²) in [5.74, 6) is 0. The van der Waals surface area contributed by atoms with Gasteiger partial charge in [0.05, 0.1) is 7.82 Å². The molecule has 0 heterocycles. The van der Waals surface area contributed by atoms with E-state index in [4.69, 9.17) is 19.2 Å². The van der Waals surface area contributed by atoms with Crippen LogP contribution in [0.2, 0.25) is 0 Å². The maximum absolute atomic E-state index is 8.66. The third-order valence-corrected chi connectivity index (χ3v) is 0. The van der Waals surface area contributed by atoms with Crippen LogP contribution in [-0.4, -0.2) is 4.89 Å². The minimum Gasteiger partial charge on any atom is -0.790 e. The van der Waals surface area contributed by atoms with Gasteiger partial charge in [-0.15, -0.1) is 12.4 Å². The molecule has 0 aliphatic heterocycles. The van der Waals surface area contributed by atoms with Gasteiger partial charge in [-0.2, -0.15) is 13.5 Å². The quantitative estimate of drug-likeness (QED) is 0.400. The molecule has 0 spiro atoms. The van der Waals surface area contributed by atoms with Crippen LogP contribution in [0.15, 0.2) is 0 Å². The second-order valence-electron chi connectivity index (χ2n) is 0.469. The van der Waals surface area contributed by atoms with Gasteiger partial charge in [0, 0.05) is 0 Å². The molecule has 0 bridgehead atoms. The average Bonchev–Trinajstić information content (AvgIpc) is 0.722. The van der Waals surface area contributed by atoms with Crippen LogP contribution in [0.3, 0.4) is 0 Å². The first kappa shape index (κ1) is 22.8. The fourth-order valence-electron chi connectivity index (χ4n) is 0. The molecule has 0 rings (SSSR count). The van der Waals surface area contributed by atoms with Crippen LogP contribution in [0.25, 0.3) is 0 Å². The average molecular weight is 232 g/mol. The van der Waals surface area contributed by atoms with Gasteiger partial charge in [0.2, 0.25) is 0 Å². The number of hydrogen-bond donors (Lipinski definition) is 1. The Balaban J connectivity index is -0.0000000267. The van der Waals surface area contributed by atoms with E-state index in [9.17, 15) is 0 Å². The molecule has 0 aromatic rings. The van der Waals surface area contributed by atoms with Gasteiger partial charge in [-0.3, -0.25) is 0 Å². The monoisotopic (exact) mass is 230 g/mol. The van der Waals surface area contributed by atoms with Crippen LogP contribution in [-0.2, 0) is 24.0 Å². The SMILES string of the molecule is Cl.O=P([O-])([O-])O.S.[Zn+2]. The molecular weight excluding hydrogens is 228 g/mol. The van der Waals surface area contributed by atoms with Crippen molar-refractivity contribution in [2.45, 2.75) is 0 Å². The van der Waals surface area contributed by atoms with Crippen LogP contribution in [0.5, 0.6) is 0 Å². The summed E-state index contributed by atoms with van der Waals surface area (Å²) in [7, 11) is -5.14. The summed E-state index contributed by atoms with van der Waals surface area (Å²) in [4.78, 5) is 24.3. The van der Waals surface area contributed by atoms with Crippen LogP contribution in [0.1, 0.15) is 0 Å². The van der Waals surface area contributed by atoms with Crippen molar-refractivity contribution >= 4 is 33.7 Å². The van der Waals surface area contributed by atoms with Gasteiger partial charge < -0.3 is 19.2 Å². The van der Waals surface area contributed by atoms with Crippen molar-refractivity contribution in [3.8, 4) is 0 Å². The standard InChI is InChI=1S/ClH.H3O4P.H2S.Zn/c;1-5(2,3)4;;/h1H;(H3,1,2,3,4);1H2;/q;;;+2/p-2.